The zero-order valence-corrected chi connectivity index (χ0v) is 13.7. The van der Waals surface area contributed by atoms with E-state index in [0.717, 1.165) is 53.3 Å². The van der Waals surface area contributed by atoms with Crippen LogP contribution in [0.3, 0.4) is 0 Å². The van der Waals surface area contributed by atoms with Crippen molar-refractivity contribution in [3.8, 4) is 11.5 Å². The minimum absolute atomic E-state index is 0.142. The largest absolute Gasteiger partial charge is 0.454 e. The van der Waals surface area contributed by atoms with Crippen LogP contribution in [-0.4, -0.2) is 38.9 Å². The minimum Gasteiger partial charge on any atom is -0.454 e. The fourth-order valence-electron chi connectivity index (χ4n) is 3.62. The van der Waals surface area contributed by atoms with Crippen molar-refractivity contribution in [3.63, 3.8) is 0 Å². The monoisotopic (exact) mass is 334 g/mol. The Morgan fingerprint density at radius 2 is 2.12 bits per heavy atom. The highest BCUT2D eigenvalue weighted by atomic mass is 16.3. The summed E-state index contributed by atoms with van der Waals surface area (Å²) in [6, 6.07) is 14.0. The number of hydrogen-bond acceptors (Lipinski definition) is 5. The first kappa shape index (κ1) is 14.5. The van der Waals surface area contributed by atoms with Crippen LogP contribution in [0.25, 0.3) is 28.1 Å². The third-order valence-corrected chi connectivity index (χ3v) is 4.91. The predicted octanol–water partition coefficient (Wildman–Crippen LogP) is 3.10. The van der Waals surface area contributed by atoms with Crippen molar-refractivity contribution in [2.75, 3.05) is 18.1 Å². The molecule has 0 amide bonds. The van der Waals surface area contributed by atoms with E-state index in [1.807, 2.05) is 47.0 Å². The van der Waals surface area contributed by atoms with Crippen LogP contribution in [0.4, 0.5) is 5.82 Å². The van der Waals surface area contributed by atoms with Gasteiger partial charge in [0.25, 0.3) is 0 Å². The van der Waals surface area contributed by atoms with Gasteiger partial charge in [0.1, 0.15) is 17.1 Å². The number of anilines is 1. The highest BCUT2D eigenvalue weighted by molar-refractivity contribution is 5.82. The van der Waals surface area contributed by atoms with Crippen LogP contribution in [0.1, 0.15) is 12.8 Å². The number of aliphatic hydroxyl groups is 1. The van der Waals surface area contributed by atoms with E-state index in [9.17, 15) is 5.11 Å². The van der Waals surface area contributed by atoms with Crippen LogP contribution in [0, 0.1) is 0 Å². The van der Waals surface area contributed by atoms with E-state index in [1.54, 1.807) is 6.20 Å². The molecule has 6 nitrogen and oxygen atoms in total. The number of furan rings is 1. The zero-order valence-electron chi connectivity index (χ0n) is 13.7. The van der Waals surface area contributed by atoms with Gasteiger partial charge in [0, 0.05) is 11.9 Å². The lowest BCUT2D eigenvalue weighted by molar-refractivity contribution is 0.266. The molecule has 4 heterocycles. The van der Waals surface area contributed by atoms with Gasteiger partial charge in [0.15, 0.2) is 11.4 Å². The fraction of sp³-hybridized carbons (Fsp3) is 0.263. The second kappa shape index (κ2) is 5.60. The molecular formula is C19H18N4O2. The summed E-state index contributed by atoms with van der Waals surface area (Å²) in [5.41, 5.74) is 2.45. The quantitative estimate of drug-likeness (QED) is 0.623. The second-order valence-corrected chi connectivity index (χ2v) is 6.43. The number of imidazole rings is 1. The summed E-state index contributed by atoms with van der Waals surface area (Å²) in [7, 11) is 0. The molecule has 1 aliphatic heterocycles. The maximum Gasteiger partial charge on any atom is 0.155 e. The Morgan fingerprint density at radius 3 is 3.00 bits per heavy atom. The molecule has 0 unspecified atom stereocenters. The number of aromatic nitrogens is 3. The molecule has 1 aromatic carbocycles. The van der Waals surface area contributed by atoms with Gasteiger partial charge in [-0.3, -0.25) is 0 Å². The third-order valence-electron chi connectivity index (χ3n) is 4.91. The van der Waals surface area contributed by atoms with Gasteiger partial charge in [-0.1, -0.05) is 18.2 Å². The average Bonchev–Trinajstić information content (AvgIpc) is 3.37. The molecule has 1 N–H and O–H groups in total. The van der Waals surface area contributed by atoms with E-state index in [2.05, 4.69) is 9.88 Å². The van der Waals surface area contributed by atoms with Gasteiger partial charge in [-0.25, -0.2) is 9.50 Å². The number of fused-ring (bicyclic) bond motifs is 2. The van der Waals surface area contributed by atoms with Crippen molar-refractivity contribution >= 4 is 22.4 Å². The molecule has 6 heteroatoms. The van der Waals surface area contributed by atoms with Crippen LogP contribution in [0.5, 0.6) is 0 Å². The summed E-state index contributed by atoms with van der Waals surface area (Å²) < 4.78 is 7.79. The summed E-state index contributed by atoms with van der Waals surface area (Å²) in [6.07, 6.45) is 3.86. The van der Waals surface area contributed by atoms with E-state index in [1.165, 1.54) is 0 Å². The molecule has 0 saturated carbocycles. The van der Waals surface area contributed by atoms with E-state index >= 15 is 0 Å². The van der Waals surface area contributed by atoms with Crippen molar-refractivity contribution in [1.29, 1.82) is 0 Å². The van der Waals surface area contributed by atoms with Crippen molar-refractivity contribution in [1.82, 2.24) is 14.6 Å². The molecule has 126 valence electrons. The van der Waals surface area contributed by atoms with Crippen molar-refractivity contribution < 1.29 is 9.52 Å². The van der Waals surface area contributed by atoms with Crippen LogP contribution in [-0.2, 0) is 0 Å². The summed E-state index contributed by atoms with van der Waals surface area (Å²) in [5.74, 6) is 1.61. The number of hydrogen-bond donors (Lipinski definition) is 1. The molecule has 0 spiro atoms. The standard InChI is InChI=1S/C19H18N4O2/c24-12-14-5-3-9-22(14)19-8-7-18-20-11-15(23(18)21-19)17-10-13-4-1-2-6-16(13)25-17/h1-2,4,6-8,10-11,14,24H,3,5,9,12H2/t14-/m1/s1. The van der Waals surface area contributed by atoms with Gasteiger partial charge >= 0.3 is 0 Å². The lowest BCUT2D eigenvalue weighted by Gasteiger charge is -2.23. The zero-order chi connectivity index (χ0) is 16.8. The Hall–Kier alpha value is -2.86. The number of rotatable bonds is 3. The molecule has 3 aromatic heterocycles. The van der Waals surface area contributed by atoms with Gasteiger partial charge < -0.3 is 14.4 Å². The number of para-hydroxylation sites is 1. The van der Waals surface area contributed by atoms with Gasteiger partial charge in [-0.15, -0.1) is 5.10 Å². The van der Waals surface area contributed by atoms with Crippen molar-refractivity contribution in [2.24, 2.45) is 0 Å². The smallest absolute Gasteiger partial charge is 0.155 e. The van der Waals surface area contributed by atoms with E-state index < -0.39 is 0 Å². The molecule has 1 atom stereocenters. The SMILES string of the molecule is OC[C@H]1CCCN1c1ccc2ncc(-c3cc4ccccc4o3)n2n1. The first-order valence-corrected chi connectivity index (χ1v) is 8.55. The normalized spacial score (nSPS) is 17.8. The van der Waals surface area contributed by atoms with Crippen LogP contribution in [0.15, 0.2) is 53.1 Å². The molecule has 0 aliphatic carbocycles. The first-order chi connectivity index (χ1) is 12.3. The second-order valence-electron chi connectivity index (χ2n) is 6.43. The van der Waals surface area contributed by atoms with Crippen LogP contribution >= 0.6 is 0 Å². The van der Waals surface area contributed by atoms with Crippen LogP contribution in [0.2, 0.25) is 0 Å². The molecule has 25 heavy (non-hydrogen) atoms. The third kappa shape index (κ3) is 2.29. The molecule has 1 saturated heterocycles. The first-order valence-electron chi connectivity index (χ1n) is 8.55. The van der Waals surface area contributed by atoms with E-state index in [4.69, 9.17) is 9.52 Å². The fourth-order valence-corrected chi connectivity index (χ4v) is 3.62. The molecule has 1 fully saturated rings. The Kier molecular flexibility index (Phi) is 3.24. The van der Waals surface area contributed by atoms with Gasteiger partial charge in [0.05, 0.1) is 18.8 Å². The Labute approximate surface area is 144 Å². The molecule has 0 bridgehead atoms. The number of nitrogens with zero attached hydrogens (tertiary/aromatic N) is 4. The van der Waals surface area contributed by atoms with Gasteiger partial charge in [-0.05, 0) is 37.1 Å². The summed E-state index contributed by atoms with van der Waals surface area (Å²) in [6.45, 7) is 1.07. The highest BCUT2D eigenvalue weighted by Crippen LogP contribution is 2.29. The summed E-state index contributed by atoms with van der Waals surface area (Å²) in [5, 5.41) is 15.4. The lowest BCUT2D eigenvalue weighted by atomic mass is 10.2. The van der Waals surface area contributed by atoms with Crippen molar-refractivity contribution in [2.45, 2.75) is 18.9 Å². The molecule has 5 rings (SSSR count). The average molecular weight is 334 g/mol. The predicted molar refractivity (Wildman–Crippen MR) is 95.6 cm³/mol. The Balaban J connectivity index is 1.62. The highest BCUT2D eigenvalue weighted by Gasteiger charge is 2.25. The maximum absolute atomic E-state index is 9.58. The Bertz CT molecular complexity index is 1020. The topological polar surface area (TPSA) is 66.8 Å². The van der Waals surface area contributed by atoms with E-state index in [-0.39, 0.29) is 12.6 Å². The molecular weight excluding hydrogens is 316 g/mol. The Morgan fingerprint density at radius 1 is 1.20 bits per heavy atom. The molecule has 0 radical (unpaired) electrons. The molecule has 1 aliphatic rings. The maximum atomic E-state index is 9.58. The molecule has 4 aromatic rings. The lowest BCUT2D eigenvalue weighted by Crippen LogP contribution is -2.33. The minimum atomic E-state index is 0.142. The van der Waals surface area contributed by atoms with E-state index in [0.29, 0.717) is 0 Å². The number of benzene rings is 1. The summed E-state index contributed by atoms with van der Waals surface area (Å²) >= 11 is 0. The van der Waals surface area contributed by atoms with Gasteiger partial charge in [-0.2, -0.15) is 0 Å². The van der Waals surface area contributed by atoms with Crippen molar-refractivity contribution in [3.05, 3.63) is 48.7 Å². The summed E-state index contributed by atoms with van der Waals surface area (Å²) in [4.78, 5) is 6.61. The van der Waals surface area contributed by atoms with Gasteiger partial charge in [0.2, 0.25) is 0 Å². The number of aliphatic hydroxyl groups excluding tert-OH is 1. The van der Waals surface area contributed by atoms with Crippen LogP contribution < -0.4 is 4.90 Å².